The summed E-state index contributed by atoms with van der Waals surface area (Å²) in [4.78, 5) is 21.8. The Balaban J connectivity index is 1.81. The second-order valence-corrected chi connectivity index (χ2v) is 7.27. The Morgan fingerprint density at radius 3 is 2.67 bits per heavy atom. The topological polar surface area (TPSA) is 67.3 Å². The predicted octanol–water partition coefficient (Wildman–Crippen LogP) is 3.74. The zero-order chi connectivity index (χ0) is 19.4. The number of hydrogen-bond donors (Lipinski definition) is 1. The fourth-order valence-electron chi connectivity index (χ4n) is 3.55. The molecule has 1 fully saturated rings. The first-order valence-corrected chi connectivity index (χ1v) is 8.72. The number of amides is 1. The van der Waals surface area contributed by atoms with Crippen LogP contribution in [0.2, 0.25) is 0 Å². The summed E-state index contributed by atoms with van der Waals surface area (Å²) in [5, 5.41) is 2.67. The number of nitrogens with one attached hydrogen (secondary N) is 1. The van der Waals surface area contributed by atoms with E-state index in [4.69, 9.17) is 4.74 Å². The van der Waals surface area contributed by atoms with Crippen LogP contribution in [0.1, 0.15) is 37.9 Å². The lowest BCUT2D eigenvalue weighted by Gasteiger charge is -2.22. The van der Waals surface area contributed by atoms with Crippen molar-refractivity contribution in [2.45, 2.75) is 38.0 Å². The third-order valence-electron chi connectivity index (χ3n) is 5.11. The van der Waals surface area contributed by atoms with Crippen LogP contribution >= 0.6 is 0 Å². The number of alkyl halides is 2. The number of carbonyl (C=O) groups excluding carboxylic acids is 1. The van der Waals surface area contributed by atoms with Crippen LogP contribution in [0.4, 0.5) is 26.1 Å². The number of hydrogen-bond acceptors (Lipinski definition) is 5. The van der Waals surface area contributed by atoms with Gasteiger partial charge in [-0.05, 0) is 12.8 Å². The van der Waals surface area contributed by atoms with Crippen LogP contribution in [-0.2, 0) is 16.1 Å². The second kappa shape index (κ2) is 5.87. The molecule has 142 valence electrons. The van der Waals surface area contributed by atoms with Gasteiger partial charge in [-0.3, -0.25) is 4.79 Å². The number of methoxy groups -OCH3 is 1. The summed E-state index contributed by atoms with van der Waals surface area (Å²) in [6.45, 7) is 2.87. The number of fused-ring (bicyclic) bond motifs is 2. The zero-order valence-corrected chi connectivity index (χ0v) is 15.3. The normalized spacial score (nSPS) is 17.0. The molecule has 27 heavy (non-hydrogen) atoms. The highest BCUT2D eigenvalue weighted by Crippen LogP contribution is 2.58. The number of anilines is 3. The van der Waals surface area contributed by atoms with Crippen LogP contribution in [0.25, 0.3) is 0 Å². The third-order valence-corrected chi connectivity index (χ3v) is 5.11. The molecule has 0 atom stereocenters. The van der Waals surface area contributed by atoms with Gasteiger partial charge in [-0.2, -0.15) is 8.78 Å². The van der Waals surface area contributed by atoms with Gasteiger partial charge in [-0.15, -0.1) is 0 Å². The van der Waals surface area contributed by atoms with Crippen LogP contribution in [0, 0.1) is 0 Å². The molecule has 8 heteroatoms. The van der Waals surface area contributed by atoms with E-state index in [9.17, 15) is 13.6 Å². The summed E-state index contributed by atoms with van der Waals surface area (Å²) in [5.74, 6) is -2.15. The molecule has 0 radical (unpaired) electrons. The van der Waals surface area contributed by atoms with Gasteiger partial charge in [0.05, 0.1) is 12.8 Å². The quantitative estimate of drug-likeness (QED) is 0.883. The molecule has 0 aromatic carbocycles. The standard InChI is InChI=1S/C19H20F2N4O2/c1-11(26)23-16-8-14-13(9-22-16)19(4-5-19)10-25(14)17-7-12(27-3)6-15(24-17)18(2,20)21/h6-9H,4-5,10H2,1-3H3,(H,22,23,26). The number of ether oxygens (including phenoxy) is 1. The molecule has 1 spiro atoms. The molecule has 2 aromatic rings. The first kappa shape index (κ1) is 17.6. The minimum absolute atomic E-state index is 0.0171. The molecule has 2 aromatic heterocycles. The van der Waals surface area contributed by atoms with Gasteiger partial charge in [-0.1, -0.05) is 0 Å². The van der Waals surface area contributed by atoms with Crippen molar-refractivity contribution in [3.05, 3.63) is 35.7 Å². The molecule has 3 heterocycles. The second-order valence-electron chi connectivity index (χ2n) is 7.27. The average Bonchev–Trinajstić information content (AvgIpc) is 3.31. The summed E-state index contributed by atoms with van der Waals surface area (Å²) < 4.78 is 33.0. The Hall–Kier alpha value is -2.77. The molecule has 1 amide bonds. The van der Waals surface area contributed by atoms with Crippen molar-refractivity contribution in [2.24, 2.45) is 0 Å². The smallest absolute Gasteiger partial charge is 0.287 e. The molecule has 0 saturated heterocycles. The van der Waals surface area contributed by atoms with Crippen molar-refractivity contribution in [1.82, 2.24) is 9.97 Å². The molecule has 6 nitrogen and oxygen atoms in total. The molecule has 1 aliphatic carbocycles. The van der Waals surface area contributed by atoms with Crippen LogP contribution < -0.4 is 15.0 Å². The Morgan fingerprint density at radius 1 is 1.33 bits per heavy atom. The van der Waals surface area contributed by atoms with Gasteiger partial charge >= 0.3 is 0 Å². The highest BCUT2D eigenvalue weighted by atomic mass is 19.3. The predicted molar refractivity (Wildman–Crippen MR) is 96.8 cm³/mol. The molecule has 0 unspecified atom stereocenters. The summed E-state index contributed by atoms with van der Waals surface area (Å²) in [7, 11) is 1.44. The Bertz CT molecular complexity index is 922. The number of rotatable bonds is 4. The SMILES string of the molecule is COc1cc(N2CC3(CC3)c3cnc(NC(C)=O)cc32)nc(C(C)(F)F)c1. The fourth-order valence-corrected chi connectivity index (χ4v) is 3.55. The third kappa shape index (κ3) is 3.09. The maximum atomic E-state index is 13.9. The van der Waals surface area contributed by atoms with E-state index < -0.39 is 5.92 Å². The fraction of sp³-hybridized carbons (Fsp3) is 0.421. The van der Waals surface area contributed by atoms with E-state index in [-0.39, 0.29) is 17.0 Å². The van der Waals surface area contributed by atoms with Gasteiger partial charge in [0.25, 0.3) is 5.92 Å². The lowest BCUT2D eigenvalue weighted by atomic mass is 10.0. The summed E-state index contributed by atoms with van der Waals surface area (Å²) in [5.41, 5.74) is 1.53. The molecule has 1 saturated carbocycles. The Kier molecular flexibility index (Phi) is 3.83. The van der Waals surface area contributed by atoms with E-state index >= 15 is 0 Å². The lowest BCUT2D eigenvalue weighted by molar-refractivity contribution is -0.114. The van der Waals surface area contributed by atoms with E-state index in [2.05, 4.69) is 15.3 Å². The monoisotopic (exact) mass is 374 g/mol. The van der Waals surface area contributed by atoms with E-state index in [0.29, 0.717) is 23.9 Å². The summed E-state index contributed by atoms with van der Waals surface area (Å²) in [6, 6.07) is 4.68. The van der Waals surface area contributed by atoms with Crippen molar-refractivity contribution in [2.75, 3.05) is 23.9 Å². The number of aromatic nitrogens is 2. The van der Waals surface area contributed by atoms with Crippen LogP contribution in [-0.4, -0.2) is 29.5 Å². The first-order chi connectivity index (χ1) is 12.7. The van der Waals surface area contributed by atoms with Crippen molar-refractivity contribution in [3.8, 4) is 5.75 Å². The van der Waals surface area contributed by atoms with Crippen molar-refractivity contribution < 1.29 is 18.3 Å². The minimum atomic E-state index is -3.08. The van der Waals surface area contributed by atoms with Crippen LogP contribution in [0.3, 0.4) is 0 Å². The number of halogens is 2. The highest BCUT2D eigenvalue weighted by Gasteiger charge is 2.52. The van der Waals surface area contributed by atoms with Gasteiger partial charge < -0.3 is 15.0 Å². The van der Waals surface area contributed by atoms with E-state index in [1.807, 2.05) is 4.90 Å². The summed E-state index contributed by atoms with van der Waals surface area (Å²) in [6.07, 6.45) is 3.79. The highest BCUT2D eigenvalue weighted by molar-refractivity contribution is 5.89. The van der Waals surface area contributed by atoms with Crippen molar-refractivity contribution in [1.29, 1.82) is 0 Å². The van der Waals surface area contributed by atoms with Crippen LogP contribution in [0.5, 0.6) is 5.75 Å². The first-order valence-electron chi connectivity index (χ1n) is 8.72. The molecule has 4 rings (SSSR count). The van der Waals surface area contributed by atoms with Crippen molar-refractivity contribution in [3.63, 3.8) is 0 Å². The Morgan fingerprint density at radius 2 is 2.07 bits per heavy atom. The molecule has 0 bridgehead atoms. The van der Waals surface area contributed by atoms with Gasteiger partial charge in [0.1, 0.15) is 23.1 Å². The van der Waals surface area contributed by atoms with Gasteiger partial charge in [0.2, 0.25) is 5.91 Å². The molecule has 2 aliphatic rings. The van der Waals surface area contributed by atoms with Gasteiger partial charge in [0.15, 0.2) is 0 Å². The van der Waals surface area contributed by atoms with E-state index in [1.165, 1.54) is 20.1 Å². The average molecular weight is 374 g/mol. The molecule has 1 N–H and O–H groups in total. The minimum Gasteiger partial charge on any atom is -0.497 e. The van der Waals surface area contributed by atoms with E-state index in [1.54, 1.807) is 18.3 Å². The summed E-state index contributed by atoms with van der Waals surface area (Å²) >= 11 is 0. The molecule has 1 aliphatic heterocycles. The molecular formula is C19H20F2N4O2. The Labute approximate surface area is 155 Å². The van der Waals surface area contributed by atoms with Gasteiger partial charge in [0, 0.05) is 55.8 Å². The maximum absolute atomic E-state index is 13.9. The zero-order valence-electron chi connectivity index (χ0n) is 15.3. The van der Waals surface area contributed by atoms with Crippen molar-refractivity contribution >= 4 is 23.2 Å². The molecular weight excluding hydrogens is 354 g/mol. The van der Waals surface area contributed by atoms with Crippen LogP contribution in [0.15, 0.2) is 24.4 Å². The van der Waals surface area contributed by atoms with Gasteiger partial charge in [-0.25, -0.2) is 9.97 Å². The number of carbonyl (C=O) groups is 1. The van der Waals surface area contributed by atoms with E-state index in [0.717, 1.165) is 31.0 Å². The number of pyridine rings is 2. The largest absolute Gasteiger partial charge is 0.497 e. The number of nitrogens with zero attached hydrogens (tertiary/aromatic N) is 3. The maximum Gasteiger partial charge on any atom is 0.287 e. The lowest BCUT2D eigenvalue weighted by Crippen LogP contribution is -2.22.